The highest BCUT2D eigenvalue weighted by Gasteiger charge is 2.25. The van der Waals surface area contributed by atoms with Crippen molar-refractivity contribution in [1.82, 2.24) is 0 Å². The second-order valence-corrected chi connectivity index (χ2v) is 1.98. The first-order chi connectivity index (χ1) is 3.84. The predicted molar refractivity (Wildman–Crippen MR) is 29.0 cm³/mol. The standard InChI is InChI=1S/C6H9O2/c1-8-6(7)5-3-2-4-5/h2,5H,3-4H2,1H3. The average molecular weight is 113 g/mol. The van der Waals surface area contributed by atoms with Crippen molar-refractivity contribution in [1.29, 1.82) is 0 Å². The Bertz CT molecular complexity index is 94.7. The van der Waals surface area contributed by atoms with Gasteiger partial charge in [-0.05, 0) is 19.3 Å². The molecule has 0 aromatic heterocycles. The molecule has 1 radical (unpaired) electrons. The van der Waals surface area contributed by atoms with Gasteiger partial charge in [0.05, 0.1) is 13.0 Å². The van der Waals surface area contributed by atoms with Crippen LogP contribution < -0.4 is 0 Å². The fraction of sp³-hybridized carbons (Fsp3) is 0.667. The molecule has 1 fully saturated rings. The Balaban J connectivity index is 2.24. The van der Waals surface area contributed by atoms with Crippen molar-refractivity contribution in [3.63, 3.8) is 0 Å². The number of methoxy groups -OCH3 is 1. The molecule has 0 aliphatic heterocycles. The van der Waals surface area contributed by atoms with Crippen molar-refractivity contribution in [2.45, 2.75) is 12.8 Å². The first kappa shape index (κ1) is 5.60. The van der Waals surface area contributed by atoms with Gasteiger partial charge in [-0.25, -0.2) is 0 Å². The fourth-order valence-corrected chi connectivity index (χ4v) is 0.692. The molecule has 0 saturated heterocycles. The molecule has 8 heavy (non-hydrogen) atoms. The molecule has 45 valence electrons. The summed E-state index contributed by atoms with van der Waals surface area (Å²) >= 11 is 0. The third-order valence-corrected chi connectivity index (χ3v) is 1.44. The van der Waals surface area contributed by atoms with E-state index in [1.165, 1.54) is 7.11 Å². The molecule has 0 atom stereocenters. The Labute approximate surface area is 48.8 Å². The molecule has 0 bridgehead atoms. The molecular formula is C6H9O2. The van der Waals surface area contributed by atoms with Gasteiger partial charge in [-0.15, -0.1) is 0 Å². The van der Waals surface area contributed by atoms with Gasteiger partial charge in [-0.1, -0.05) is 0 Å². The van der Waals surface area contributed by atoms with Gasteiger partial charge in [0.2, 0.25) is 0 Å². The summed E-state index contributed by atoms with van der Waals surface area (Å²) < 4.78 is 4.50. The highest BCUT2D eigenvalue weighted by atomic mass is 16.5. The molecule has 0 aromatic carbocycles. The third-order valence-electron chi connectivity index (χ3n) is 1.44. The smallest absolute Gasteiger partial charge is 0.308 e. The van der Waals surface area contributed by atoms with Crippen LogP contribution >= 0.6 is 0 Å². The molecule has 0 aromatic rings. The maximum Gasteiger partial charge on any atom is 0.308 e. The van der Waals surface area contributed by atoms with E-state index in [4.69, 9.17) is 0 Å². The van der Waals surface area contributed by atoms with E-state index in [2.05, 4.69) is 11.2 Å². The number of esters is 1. The highest BCUT2D eigenvalue weighted by molar-refractivity contribution is 5.73. The molecule has 0 N–H and O–H groups in total. The molecule has 0 amide bonds. The lowest BCUT2D eigenvalue weighted by Crippen LogP contribution is -2.23. The first-order valence-corrected chi connectivity index (χ1v) is 2.74. The third kappa shape index (κ3) is 0.831. The topological polar surface area (TPSA) is 26.3 Å². The van der Waals surface area contributed by atoms with E-state index >= 15 is 0 Å². The van der Waals surface area contributed by atoms with E-state index in [9.17, 15) is 4.79 Å². The predicted octanol–water partition coefficient (Wildman–Crippen LogP) is 0.774. The number of hydrogen-bond donors (Lipinski definition) is 0. The van der Waals surface area contributed by atoms with Crippen molar-refractivity contribution in [3.8, 4) is 0 Å². The Morgan fingerprint density at radius 1 is 1.75 bits per heavy atom. The van der Waals surface area contributed by atoms with E-state index < -0.39 is 0 Å². The van der Waals surface area contributed by atoms with Gasteiger partial charge in [0.25, 0.3) is 0 Å². The molecule has 0 unspecified atom stereocenters. The van der Waals surface area contributed by atoms with Crippen molar-refractivity contribution in [3.05, 3.63) is 6.42 Å². The second-order valence-electron chi connectivity index (χ2n) is 1.98. The molecule has 1 aliphatic carbocycles. The van der Waals surface area contributed by atoms with Gasteiger partial charge < -0.3 is 4.74 Å². The lowest BCUT2D eigenvalue weighted by Gasteiger charge is -2.21. The zero-order chi connectivity index (χ0) is 5.98. The molecule has 2 heteroatoms. The van der Waals surface area contributed by atoms with Crippen LogP contribution in [0.1, 0.15) is 12.8 Å². The zero-order valence-electron chi connectivity index (χ0n) is 4.89. The SMILES string of the molecule is COC(=O)C1C[CH]C1. The number of ether oxygens (including phenoxy) is 1. The van der Waals surface area contributed by atoms with Crippen LogP contribution in [0.4, 0.5) is 0 Å². The van der Waals surface area contributed by atoms with Crippen LogP contribution in [-0.4, -0.2) is 13.1 Å². The van der Waals surface area contributed by atoms with Crippen LogP contribution in [0.25, 0.3) is 0 Å². The van der Waals surface area contributed by atoms with Gasteiger partial charge in [0, 0.05) is 0 Å². The minimum absolute atomic E-state index is 0.0625. The molecule has 1 aliphatic rings. The van der Waals surface area contributed by atoms with Crippen molar-refractivity contribution in [2.75, 3.05) is 7.11 Å². The van der Waals surface area contributed by atoms with Gasteiger partial charge in [-0.2, -0.15) is 0 Å². The Morgan fingerprint density at radius 2 is 2.38 bits per heavy atom. The highest BCUT2D eigenvalue weighted by Crippen LogP contribution is 2.25. The quantitative estimate of drug-likeness (QED) is 0.469. The monoisotopic (exact) mass is 113 g/mol. The Kier molecular flexibility index (Phi) is 1.51. The number of rotatable bonds is 1. The van der Waals surface area contributed by atoms with E-state index in [-0.39, 0.29) is 11.9 Å². The van der Waals surface area contributed by atoms with E-state index in [0.717, 1.165) is 12.8 Å². The minimum Gasteiger partial charge on any atom is -0.469 e. The lowest BCUT2D eigenvalue weighted by atomic mass is 9.86. The Hall–Kier alpha value is -0.530. The maximum atomic E-state index is 10.6. The van der Waals surface area contributed by atoms with Crippen LogP contribution in [0.15, 0.2) is 0 Å². The van der Waals surface area contributed by atoms with Crippen LogP contribution in [-0.2, 0) is 9.53 Å². The summed E-state index contributed by atoms with van der Waals surface area (Å²) in [6.45, 7) is 0. The lowest BCUT2D eigenvalue weighted by molar-refractivity contribution is -0.146. The van der Waals surface area contributed by atoms with Gasteiger partial charge >= 0.3 is 5.97 Å². The summed E-state index contributed by atoms with van der Waals surface area (Å²) in [6.07, 6.45) is 3.90. The first-order valence-electron chi connectivity index (χ1n) is 2.74. The number of hydrogen-bond acceptors (Lipinski definition) is 2. The molecule has 0 heterocycles. The molecule has 0 spiro atoms. The maximum absolute atomic E-state index is 10.6. The van der Waals surface area contributed by atoms with Crippen LogP contribution in [0.2, 0.25) is 0 Å². The van der Waals surface area contributed by atoms with Gasteiger partial charge in [-0.3, -0.25) is 4.79 Å². The normalized spacial score (nSPS) is 19.6. The van der Waals surface area contributed by atoms with Crippen LogP contribution in [0, 0.1) is 12.3 Å². The van der Waals surface area contributed by atoms with Crippen molar-refractivity contribution < 1.29 is 9.53 Å². The largest absolute Gasteiger partial charge is 0.469 e. The average Bonchev–Trinajstić information content (AvgIpc) is 1.62. The van der Waals surface area contributed by atoms with Gasteiger partial charge in [0.1, 0.15) is 0 Å². The summed E-state index contributed by atoms with van der Waals surface area (Å²) in [6, 6.07) is 0. The summed E-state index contributed by atoms with van der Waals surface area (Å²) in [4.78, 5) is 10.6. The van der Waals surface area contributed by atoms with E-state index in [1.54, 1.807) is 0 Å². The number of carbonyl (C=O) groups excluding carboxylic acids is 1. The van der Waals surface area contributed by atoms with E-state index in [1.807, 2.05) is 0 Å². The second kappa shape index (κ2) is 2.16. The summed E-state index contributed by atoms with van der Waals surface area (Å²) in [5, 5.41) is 0. The van der Waals surface area contributed by atoms with Crippen molar-refractivity contribution >= 4 is 5.97 Å². The van der Waals surface area contributed by atoms with Crippen LogP contribution in [0.5, 0.6) is 0 Å². The summed E-state index contributed by atoms with van der Waals surface area (Å²) in [7, 11) is 1.43. The van der Waals surface area contributed by atoms with Crippen molar-refractivity contribution in [2.24, 2.45) is 5.92 Å². The molecule has 1 saturated carbocycles. The summed E-state index contributed by atoms with van der Waals surface area (Å²) in [5.41, 5.74) is 0. The zero-order valence-corrected chi connectivity index (χ0v) is 4.89. The fourth-order valence-electron chi connectivity index (χ4n) is 0.692. The van der Waals surface area contributed by atoms with Gasteiger partial charge in [0.15, 0.2) is 0 Å². The molecule has 1 rings (SSSR count). The summed E-state index contributed by atoms with van der Waals surface area (Å²) in [5.74, 6) is 0.118. The van der Waals surface area contributed by atoms with Crippen LogP contribution in [0.3, 0.4) is 0 Å². The minimum atomic E-state index is -0.0625. The molecular weight excluding hydrogens is 104 g/mol. The van der Waals surface area contributed by atoms with E-state index in [0.29, 0.717) is 0 Å². The molecule has 2 nitrogen and oxygen atoms in total. The Morgan fingerprint density at radius 3 is 2.50 bits per heavy atom. The number of carbonyl (C=O) groups is 1.